The van der Waals surface area contributed by atoms with Crippen molar-refractivity contribution in [2.75, 3.05) is 0 Å². The number of hydrogen-bond acceptors (Lipinski definition) is 11. The molecule has 0 unspecified atom stereocenters. The first-order chi connectivity index (χ1) is 25.2. The van der Waals surface area contributed by atoms with E-state index in [2.05, 4.69) is 23.0 Å². The third-order valence-corrected chi connectivity index (χ3v) is 10.7. The van der Waals surface area contributed by atoms with E-state index in [0.29, 0.717) is 18.8 Å². The van der Waals surface area contributed by atoms with Crippen LogP contribution in [0.15, 0.2) is 93.8 Å². The van der Waals surface area contributed by atoms with Gasteiger partial charge < -0.3 is 33.3 Å². The Morgan fingerprint density at radius 3 is 1.96 bits per heavy atom. The number of aromatic nitrogens is 2. The van der Waals surface area contributed by atoms with Crippen molar-refractivity contribution in [3.8, 4) is 0 Å². The van der Waals surface area contributed by atoms with Crippen LogP contribution in [0.4, 0.5) is 0 Å². The second kappa shape index (κ2) is 17.0. The van der Waals surface area contributed by atoms with Crippen molar-refractivity contribution in [1.82, 2.24) is 9.97 Å². The third kappa shape index (κ3) is 9.90. The van der Waals surface area contributed by atoms with E-state index in [1.54, 1.807) is 43.4 Å². The second-order valence-electron chi connectivity index (χ2n) is 15.1. The summed E-state index contributed by atoms with van der Waals surface area (Å²) >= 11 is 0. The molecule has 5 heterocycles. The van der Waals surface area contributed by atoms with Crippen molar-refractivity contribution in [2.45, 2.75) is 104 Å². The lowest BCUT2D eigenvalue weighted by molar-refractivity contribution is -0.0546. The number of fused-ring (bicyclic) bond motifs is 10. The van der Waals surface area contributed by atoms with E-state index >= 15 is 0 Å². The molecule has 1 saturated heterocycles. The number of allylic oxidation sites excluding steroid dienone is 7. The van der Waals surface area contributed by atoms with Gasteiger partial charge in [0, 0.05) is 35.8 Å². The quantitative estimate of drug-likeness (QED) is 0.177. The van der Waals surface area contributed by atoms with E-state index in [1.165, 1.54) is 18.1 Å². The van der Waals surface area contributed by atoms with Crippen molar-refractivity contribution in [2.24, 2.45) is 22.7 Å². The molecule has 6 bridgehead atoms. The SMILES string of the molecule is C/C=C/[C@H](O)C(C)(C)[C@@H]1C/C=C\[C@@H]2C/C(=C\C=C/c3nc(co3)C(=O)O[C@H](C(C)(C)[C@H](C)O)C/C=C\[C@H]3O[C@H]3/C=C/C=C\c3nc(co3)C(=O)O1)[C@@H]2C. The molecule has 3 aliphatic heterocycles. The maximum atomic E-state index is 13.3. The molecule has 2 N–H and O–H groups in total. The van der Waals surface area contributed by atoms with Crippen molar-refractivity contribution >= 4 is 24.1 Å². The fraction of sp³-hybridized carbons (Fsp3) is 0.476. The molecule has 2 fully saturated rings. The minimum Gasteiger partial charge on any atom is -0.457 e. The molecule has 6 rings (SSSR count). The number of hydrogen-bond donors (Lipinski definition) is 2. The summed E-state index contributed by atoms with van der Waals surface area (Å²) in [6, 6.07) is 0. The molecule has 4 aliphatic rings. The molecule has 8 atom stereocenters. The highest BCUT2D eigenvalue weighted by molar-refractivity contribution is 5.87. The van der Waals surface area contributed by atoms with Crippen LogP contribution in [0.2, 0.25) is 0 Å². The van der Waals surface area contributed by atoms with Crippen LogP contribution in [-0.2, 0) is 14.2 Å². The Hall–Kier alpha value is -4.58. The number of carbonyl (C=O) groups is 2. The molecule has 1 aliphatic carbocycles. The van der Waals surface area contributed by atoms with Crippen molar-refractivity contribution in [3.05, 3.63) is 108 Å². The van der Waals surface area contributed by atoms with E-state index in [-0.39, 0.29) is 41.3 Å². The molecular formula is C42H52N2O9. The third-order valence-electron chi connectivity index (χ3n) is 10.7. The summed E-state index contributed by atoms with van der Waals surface area (Å²) in [5, 5.41) is 21.4. The zero-order chi connectivity index (χ0) is 38.3. The number of oxazole rings is 2. The van der Waals surface area contributed by atoms with Crippen molar-refractivity contribution < 1.29 is 42.8 Å². The standard InChI is InChI=1S/C42H52N2O9/c1-8-14-34(46)42(6,7)36-19-11-15-28-23-29(26(28)2)16-12-22-38-44-30(25-50-38)39(47)52-35(41(4,5)27(3)45)20-13-18-33-32(51-33)17-9-10-21-37-43-31(24-49-37)40(48)53-36/h8-18,21-22,24-28,32-36,45-46H,19-20,23H2,1-7H3/b14-8+,15-11-,17-9+,18-13-,21-10-,22-12-,29-16+/t26-,27+,28-,32+,33-,34+,35+,36+/m1/s1. The van der Waals surface area contributed by atoms with Crippen LogP contribution in [0.3, 0.4) is 0 Å². The largest absolute Gasteiger partial charge is 0.457 e. The summed E-state index contributed by atoms with van der Waals surface area (Å²) < 4.78 is 28.6. The highest BCUT2D eigenvalue weighted by Gasteiger charge is 2.40. The Kier molecular flexibility index (Phi) is 12.7. The Morgan fingerprint density at radius 1 is 0.811 bits per heavy atom. The molecule has 0 radical (unpaired) electrons. The van der Waals surface area contributed by atoms with Gasteiger partial charge in [-0.25, -0.2) is 19.6 Å². The smallest absolute Gasteiger partial charge is 0.360 e. The van der Waals surface area contributed by atoms with Crippen LogP contribution in [0.5, 0.6) is 0 Å². The average molecular weight is 729 g/mol. The molecule has 11 nitrogen and oxygen atoms in total. The summed E-state index contributed by atoms with van der Waals surface area (Å²) in [6.07, 6.45) is 25.0. The van der Waals surface area contributed by atoms with Gasteiger partial charge in [-0.15, -0.1) is 0 Å². The van der Waals surface area contributed by atoms with E-state index < -0.39 is 47.2 Å². The summed E-state index contributed by atoms with van der Waals surface area (Å²) in [5.74, 6) is -0.183. The summed E-state index contributed by atoms with van der Waals surface area (Å²) in [4.78, 5) is 35.0. The van der Waals surface area contributed by atoms with Crippen molar-refractivity contribution in [3.63, 3.8) is 0 Å². The number of nitrogens with zero attached hydrogens (tertiary/aromatic N) is 2. The van der Waals surface area contributed by atoms with Crippen molar-refractivity contribution in [1.29, 1.82) is 0 Å². The number of aliphatic hydroxyl groups excluding tert-OH is 2. The molecule has 53 heavy (non-hydrogen) atoms. The Morgan fingerprint density at radius 2 is 1.38 bits per heavy atom. The van der Waals surface area contributed by atoms with Crippen LogP contribution in [0.25, 0.3) is 12.2 Å². The number of esters is 2. The number of carbonyl (C=O) groups excluding carboxylic acids is 2. The van der Waals surface area contributed by atoms with Gasteiger partial charge in [0.25, 0.3) is 0 Å². The highest BCUT2D eigenvalue weighted by atomic mass is 16.6. The Balaban J connectivity index is 1.36. The second-order valence-corrected chi connectivity index (χ2v) is 15.1. The lowest BCUT2D eigenvalue weighted by Crippen LogP contribution is -2.42. The minimum absolute atomic E-state index is 0.0356. The fourth-order valence-electron chi connectivity index (χ4n) is 6.12. The normalized spacial score (nSPS) is 31.3. The van der Waals surface area contributed by atoms with Gasteiger partial charge >= 0.3 is 11.9 Å². The monoisotopic (exact) mass is 728 g/mol. The van der Waals surface area contributed by atoms with Gasteiger partial charge in [-0.1, -0.05) is 107 Å². The first kappa shape index (κ1) is 39.6. The van der Waals surface area contributed by atoms with E-state index in [9.17, 15) is 19.8 Å². The zero-order valence-corrected chi connectivity index (χ0v) is 31.5. The van der Waals surface area contributed by atoms with Crippen LogP contribution in [0, 0.1) is 22.7 Å². The van der Waals surface area contributed by atoms with E-state index in [0.717, 1.165) is 6.42 Å². The molecule has 0 spiro atoms. The summed E-state index contributed by atoms with van der Waals surface area (Å²) in [5.41, 5.74) is -0.215. The number of aliphatic hydroxyl groups is 2. The van der Waals surface area contributed by atoms with Crippen LogP contribution >= 0.6 is 0 Å². The molecule has 2 aromatic heterocycles. The average Bonchev–Trinajstić information content (AvgIpc) is 3.44. The van der Waals surface area contributed by atoms with Crippen LogP contribution < -0.4 is 0 Å². The number of ether oxygens (including phenoxy) is 3. The summed E-state index contributed by atoms with van der Waals surface area (Å²) in [7, 11) is 0. The molecule has 2 aromatic rings. The molecule has 0 aromatic carbocycles. The molecule has 0 amide bonds. The first-order valence-electron chi connectivity index (χ1n) is 18.2. The fourth-order valence-corrected chi connectivity index (χ4v) is 6.12. The zero-order valence-electron chi connectivity index (χ0n) is 31.5. The highest BCUT2D eigenvalue weighted by Crippen LogP contribution is 2.41. The van der Waals surface area contributed by atoms with Gasteiger partial charge in [0.2, 0.25) is 11.8 Å². The Bertz CT molecular complexity index is 1800. The van der Waals surface area contributed by atoms with Gasteiger partial charge in [0.15, 0.2) is 11.4 Å². The topological polar surface area (TPSA) is 158 Å². The lowest BCUT2D eigenvalue weighted by atomic mass is 9.69. The van der Waals surface area contributed by atoms with E-state index in [4.69, 9.17) is 23.0 Å². The minimum atomic E-state index is -0.844. The number of epoxide rings is 1. The van der Waals surface area contributed by atoms with Crippen LogP contribution in [0.1, 0.15) is 100 Å². The molecular weight excluding hydrogens is 676 g/mol. The Labute approximate surface area is 311 Å². The molecule has 11 heteroatoms. The molecule has 1 saturated carbocycles. The molecule has 284 valence electrons. The van der Waals surface area contributed by atoms with Gasteiger partial charge in [-0.05, 0) is 32.1 Å². The predicted molar refractivity (Wildman–Crippen MR) is 200 cm³/mol. The maximum Gasteiger partial charge on any atom is 0.360 e. The first-order valence-corrected chi connectivity index (χ1v) is 18.2. The maximum absolute atomic E-state index is 13.3. The predicted octanol–water partition coefficient (Wildman–Crippen LogP) is 7.62. The van der Waals surface area contributed by atoms with Gasteiger partial charge in [-0.2, -0.15) is 0 Å². The van der Waals surface area contributed by atoms with Crippen LogP contribution in [-0.4, -0.2) is 68.7 Å². The van der Waals surface area contributed by atoms with Gasteiger partial charge in [0.1, 0.15) is 36.9 Å². The number of rotatable bonds is 5. The van der Waals surface area contributed by atoms with Gasteiger partial charge in [0.05, 0.1) is 12.2 Å². The van der Waals surface area contributed by atoms with Gasteiger partial charge in [-0.3, -0.25) is 0 Å². The summed E-state index contributed by atoms with van der Waals surface area (Å²) in [6.45, 7) is 13.1. The lowest BCUT2D eigenvalue weighted by Gasteiger charge is -2.37. The van der Waals surface area contributed by atoms with E-state index in [1.807, 2.05) is 71.1 Å².